The number of aromatic nitrogens is 4. The average Bonchev–Trinajstić information content (AvgIpc) is 3.58. The number of para-hydroxylation sites is 1. The van der Waals surface area contributed by atoms with Gasteiger partial charge in [0.2, 0.25) is 0 Å². The zero-order valence-electron chi connectivity index (χ0n) is 18.8. The van der Waals surface area contributed by atoms with E-state index in [1.54, 1.807) is 18.3 Å². The van der Waals surface area contributed by atoms with E-state index in [0.717, 1.165) is 31.2 Å². The number of H-pyrrole nitrogens is 1. The highest BCUT2D eigenvalue weighted by Crippen LogP contribution is 2.30. The molecule has 1 amide bonds. The summed E-state index contributed by atoms with van der Waals surface area (Å²) in [6.45, 7) is 0.166. The Hall–Kier alpha value is -3.69. The molecule has 1 saturated carbocycles. The molecule has 5 rings (SSSR count). The lowest BCUT2D eigenvalue weighted by Crippen LogP contribution is -2.42. The van der Waals surface area contributed by atoms with Crippen molar-refractivity contribution in [3.63, 3.8) is 0 Å². The van der Waals surface area contributed by atoms with Gasteiger partial charge in [0.05, 0.1) is 12.2 Å². The molecule has 2 fully saturated rings. The van der Waals surface area contributed by atoms with Crippen LogP contribution in [-0.4, -0.2) is 60.8 Å². The van der Waals surface area contributed by atoms with Gasteiger partial charge in [0.15, 0.2) is 12.3 Å². The van der Waals surface area contributed by atoms with Crippen LogP contribution in [0.3, 0.4) is 0 Å². The number of nitrogens with one attached hydrogen (secondary N) is 1. The van der Waals surface area contributed by atoms with Gasteiger partial charge in [-0.1, -0.05) is 31.0 Å². The van der Waals surface area contributed by atoms with Crippen LogP contribution in [0.1, 0.15) is 56.0 Å². The molecular weight excluding hydrogens is 438 g/mol. The van der Waals surface area contributed by atoms with Crippen LogP contribution in [0, 0.1) is 0 Å². The highest BCUT2D eigenvalue weighted by molar-refractivity contribution is 5.85. The van der Waals surface area contributed by atoms with E-state index in [1.165, 1.54) is 4.90 Å². The SMILES string of the molecule is O=C(O)[C@@H]1CCCN1C(=O)COc1ccccc1Cc1nc2c(cnn2C2CCCC2)c(=O)[nH]1. The molecule has 1 aliphatic heterocycles. The normalized spacial score (nSPS) is 18.6. The van der Waals surface area contributed by atoms with Gasteiger partial charge in [0, 0.05) is 18.5 Å². The van der Waals surface area contributed by atoms with Crippen molar-refractivity contribution in [3.8, 4) is 5.75 Å². The maximum atomic E-state index is 12.7. The van der Waals surface area contributed by atoms with E-state index in [0.29, 0.717) is 48.4 Å². The first-order valence-electron chi connectivity index (χ1n) is 11.7. The van der Waals surface area contributed by atoms with E-state index in [-0.39, 0.29) is 24.1 Å². The molecule has 10 heteroatoms. The Kier molecular flexibility index (Phi) is 6.04. The summed E-state index contributed by atoms with van der Waals surface area (Å²) in [5.74, 6) is -0.360. The highest BCUT2D eigenvalue weighted by Gasteiger charge is 2.34. The van der Waals surface area contributed by atoms with Crippen LogP contribution >= 0.6 is 0 Å². The molecule has 0 radical (unpaired) electrons. The molecule has 0 unspecified atom stereocenters. The molecule has 34 heavy (non-hydrogen) atoms. The third-order valence-electron chi connectivity index (χ3n) is 6.72. The Morgan fingerprint density at radius 1 is 1.15 bits per heavy atom. The molecule has 2 aromatic heterocycles. The fraction of sp³-hybridized carbons (Fsp3) is 0.458. The van der Waals surface area contributed by atoms with Gasteiger partial charge in [-0.25, -0.2) is 14.5 Å². The summed E-state index contributed by atoms with van der Waals surface area (Å²) in [7, 11) is 0. The first-order valence-corrected chi connectivity index (χ1v) is 11.7. The van der Waals surface area contributed by atoms with Gasteiger partial charge in [-0.15, -0.1) is 0 Å². The van der Waals surface area contributed by atoms with Crippen molar-refractivity contribution in [1.29, 1.82) is 0 Å². The summed E-state index contributed by atoms with van der Waals surface area (Å²) < 4.78 is 7.67. The standard InChI is InChI=1S/C24H27N5O5/c30-21(28-11-5-9-18(28)24(32)33)14-34-19-10-4-1-6-15(19)12-20-26-22-17(23(31)27-20)13-25-29(22)16-7-2-3-8-16/h1,4,6,10,13,16,18H,2-3,5,7-9,11-12,14H2,(H,32,33)(H,26,27,31)/t18-/m0/s1. The number of fused-ring (bicyclic) bond motifs is 1. The molecule has 2 N–H and O–H groups in total. The Labute approximate surface area is 195 Å². The van der Waals surface area contributed by atoms with Crippen LogP contribution in [0.4, 0.5) is 0 Å². The fourth-order valence-electron chi connectivity index (χ4n) is 5.00. The molecule has 1 saturated heterocycles. The Bertz CT molecular complexity index is 1280. The smallest absolute Gasteiger partial charge is 0.326 e. The number of amides is 1. The number of carbonyl (C=O) groups excluding carboxylic acids is 1. The van der Waals surface area contributed by atoms with Crippen molar-refractivity contribution < 1.29 is 19.4 Å². The van der Waals surface area contributed by atoms with Crippen molar-refractivity contribution in [2.45, 2.75) is 57.0 Å². The number of carboxylic acids is 1. The number of benzene rings is 1. The summed E-state index contributed by atoms with van der Waals surface area (Å²) in [4.78, 5) is 45.6. The summed E-state index contributed by atoms with van der Waals surface area (Å²) in [6.07, 6.45) is 7.37. The highest BCUT2D eigenvalue weighted by atomic mass is 16.5. The predicted molar refractivity (Wildman–Crippen MR) is 123 cm³/mol. The monoisotopic (exact) mass is 465 g/mol. The third kappa shape index (κ3) is 4.27. The van der Waals surface area contributed by atoms with Gasteiger partial charge in [-0.3, -0.25) is 9.59 Å². The van der Waals surface area contributed by atoms with Crippen molar-refractivity contribution >= 4 is 22.9 Å². The average molecular weight is 466 g/mol. The number of ether oxygens (including phenoxy) is 1. The van der Waals surface area contributed by atoms with Gasteiger partial charge in [-0.05, 0) is 31.7 Å². The Balaban J connectivity index is 1.35. The van der Waals surface area contributed by atoms with E-state index >= 15 is 0 Å². The lowest BCUT2D eigenvalue weighted by Gasteiger charge is -2.21. The fourth-order valence-corrected chi connectivity index (χ4v) is 5.00. The number of hydrogen-bond acceptors (Lipinski definition) is 6. The third-order valence-corrected chi connectivity index (χ3v) is 6.72. The number of nitrogens with zero attached hydrogens (tertiary/aromatic N) is 4. The van der Waals surface area contributed by atoms with Gasteiger partial charge < -0.3 is 19.7 Å². The first kappa shape index (κ1) is 22.1. The topological polar surface area (TPSA) is 130 Å². The molecule has 178 valence electrons. The van der Waals surface area contributed by atoms with Crippen LogP contribution in [-0.2, 0) is 16.0 Å². The zero-order valence-corrected chi connectivity index (χ0v) is 18.8. The zero-order chi connectivity index (χ0) is 23.7. The molecule has 1 aromatic carbocycles. The van der Waals surface area contributed by atoms with Crippen LogP contribution in [0.25, 0.3) is 11.0 Å². The first-order chi connectivity index (χ1) is 16.5. The van der Waals surface area contributed by atoms with Gasteiger partial charge >= 0.3 is 5.97 Å². The number of carbonyl (C=O) groups is 2. The minimum absolute atomic E-state index is 0.230. The largest absolute Gasteiger partial charge is 0.483 e. The second-order valence-electron chi connectivity index (χ2n) is 8.93. The van der Waals surface area contributed by atoms with E-state index in [4.69, 9.17) is 9.72 Å². The molecular formula is C24H27N5O5. The van der Waals surface area contributed by atoms with Crippen molar-refractivity contribution in [3.05, 3.63) is 52.2 Å². The van der Waals surface area contributed by atoms with Crippen LogP contribution < -0.4 is 10.3 Å². The molecule has 1 aliphatic carbocycles. The van der Waals surface area contributed by atoms with Crippen molar-refractivity contribution in [2.24, 2.45) is 0 Å². The summed E-state index contributed by atoms with van der Waals surface area (Å²) in [5.41, 5.74) is 1.13. The van der Waals surface area contributed by atoms with Crippen molar-refractivity contribution in [1.82, 2.24) is 24.6 Å². The molecule has 3 aromatic rings. The number of likely N-dealkylation sites (tertiary alicyclic amines) is 1. The molecule has 0 bridgehead atoms. The summed E-state index contributed by atoms with van der Waals surface area (Å²) in [6, 6.07) is 6.73. The molecule has 1 atom stereocenters. The molecule has 10 nitrogen and oxygen atoms in total. The number of carboxylic acid groups (broad SMARTS) is 1. The minimum atomic E-state index is -0.992. The Morgan fingerprint density at radius 2 is 1.94 bits per heavy atom. The number of rotatable bonds is 7. The van der Waals surface area contributed by atoms with E-state index in [9.17, 15) is 19.5 Å². The Morgan fingerprint density at radius 3 is 2.74 bits per heavy atom. The molecule has 2 aliphatic rings. The number of hydrogen-bond donors (Lipinski definition) is 2. The number of aromatic amines is 1. The van der Waals surface area contributed by atoms with E-state index in [1.807, 2.05) is 16.8 Å². The van der Waals surface area contributed by atoms with E-state index in [2.05, 4.69) is 10.1 Å². The molecule has 3 heterocycles. The lowest BCUT2D eigenvalue weighted by molar-refractivity contribution is -0.148. The minimum Gasteiger partial charge on any atom is -0.483 e. The quantitative estimate of drug-likeness (QED) is 0.547. The second-order valence-corrected chi connectivity index (χ2v) is 8.93. The van der Waals surface area contributed by atoms with E-state index < -0.39 is 12.0 Å². The maximum absolute atomic E-state index is 12.7. The summed E-state index contributed by atoms with van der Waals surface area (Å²) in [5, 5.41) is 14.2. The van der Waals surface area contributed by atoms with Gasteiger partial charge in [-0.2, -0.15) is 5.10 Å². The predicted octanol–water partition coefficient (Wildman–Crippen LogP) is 2.28. The van der Waals surface area contributed by atoms with Crippen LogP contribution in [0.15, 0.2) is 35.3 Å². The maximum Gasteiger partial charge on any atom is 0.326 e. The number of aliphatic carboxylic acids is 1. The summed E-state index contributed by atoms with van der Waals surface area (Å²) >= 11 is 0. The lowest BCUT2D eigenvalue weighted by atomic mass is 10.1. The van der Waals surface area contributed by atoms with Gasteiger partial charge in [0.1, 0.15) is 23.0 Å². The van der Waals surface area contributed by atoms with Crippen molar-refractivity contribution in [2.75, 3.05) is 13.2 Å². The van der Waals surface area contributed by atoms with Crippen LogP contribution in [0.2, 0.25) is 0 Å². The van der Waals surface area contributed by atoms with Gasteiger partial charge in [0.25, 0.3) is 11.5 Å². The van der Waals surface area contributed by atoms with Crippen LogP contribution in [0.5, 0.6) is 5.75 Å². The molecule has 0 spiro atoms. The second kappa shape index (κ2) is 9.28.